The average molecular weight is 603 g/mol. The molecule has 0 radical (unpaired) electrons. The van der Waals surface area contributed by atoms with Crippen LogP contribution in [0, 0.1) is 0 Å². The summed E-state index contributed by atoms with van der Waals surface area (Å²) in [4.78, 5) is 36.0. The Balaban J connectivity index is 1.58. The number of rotatable bonds is 12. The van der Waals surface area contributed by atoms with Crippen molar-refractivity contribution in [3.63, 3.8) is 0 Å². The largest absolute Gasteiger partial charge is 0.462 e. The Morgan fingerprint density at radius 2 is 1.13 bits per heavy atom. The fourth-order valence-corrected chi connectivity index (χ4v) is 4.26. The lowest BCUT2D eigenvalue weighted by atomic mass is 9.96. The van der Waals surface area contributed by atoms with Crippen molar-refractivity contribution in [3.8, 4) is 44.9 Å². The van der Waals surface area contributed by atoms with Crippen LogP contribution in [-0.4, -0.2) is 36.2 Å². The van der Waals surface area contributed by atoms with Crippen LogP contribution in [0.1, 0.15) is 19.4 Å². The van der Waals surface area contributed by atoms with Crippen molar-refractivity contribution in [3.05, 3.63) is 133 Å². The molecule has 0 aliphatic rings. The molecule has 0 bridgehead atoms. The van der Waals surface area contributed by atoms with E-state index in [1.54, 1.807) is 32.0 Å². The van der Waals surface area contributed by atoms with Crippen LogP contribution in [0.5, 0.6) is 11.5 Å². The van der Waals surface area contributed by atoms with Gasteiger partial charge in [0.2, 0.25) is 0 Å². The Morgan fingerprint density at radius 3 is 1.71 bits per heavy atom. The molecule has 0 atom stereocenters. The first-order chi connectivity index (χ1) is 21.5. The maximum absolute atomic E-state index is 12.5. The highest BCUT2D eigenvalue weighted by molar-refractivity contribution is 5.92. The van der Waals surface area contributed by atoms with Gasteiger partial charge in [0.25, 0.3) is 0 Å². The molecule has 0 saturated heterocycles. The molecule has 0 aromatic heterocycles. The first kappa shape index (κ1) is 32.4. The van der Waals surface area contributed by atoms with Gasteiger partial charge < -0.3 is 19.3 Å². The molecule has 1 N–H and O–H groups in total. The second-order valence-corrected chi connectivity index (χ2v) is 10.5. The summed E-state index contributed by atoms with van der Waals surface area (Å²) >= 11 is 0. The van der Waals surface area contributed by atoms with E-state index in [1.807, 2.05) is 72.8 Å². The summed E-state index contributed by atoms with van der Waals surface area (Å²) in [6, 6.07) is 28.3. The predicted molar refractivity (Wildman–Crippen MR) is 175 cm³/mol. The topological polar surface area (TPSA) is 99.1 Å². The number of carbonyl (C=O) groups is 3. The molecule has 0 aliphatic heterocycles. The van der Waals surface area contributed by atoms with E-state index in [4.69, 9.17) is 14.2 Å². The van der Waals surface area contributed by atoms with Crippen molar-refractivity contribution in [2.45, 2.75) is 20.3 Å². The van der Waals surface area contributed by atoms with E-state index in [1.165, 1.54) is 0 Å². The second kappa shape index (κ2) is 14.8. The molecule has 7 nitrogen and oxygen atoms in total. The van der Waals surface area contributed by atoms with Crippen LogP contribution in [-0.2, 0) is 25.5 Å². The number of hydrogen-bond acceptors (Lipinski definition) is 7. The van der Waals surface area contributed by atoms with E-state index >= 15 is 0 Å². The van der Waals surface area contributed by atoms with Crippen molar-refractivity contribution in [2.24, 2.45) is 0 Å². The number of hydrogen-bond donors (Lipinski definition) is 1. The standard InChI is InChI=1S/C38H34O7/c1-24(2)36(40)43-21-20-27-6-8-28(9-7-27)29-10-12-31(13-11-29)34-22-32(16-19-35(34)45-38(42)26(5)23-39)30-14-17-33(18-15-30)44-37(41)25(3)4/h6-19,22,39H,1,3,5,20-21,23H2,2,4H3. The molecule has 0 heterocycles. The summed E-state index contributed by atoms with van der Waals surface area (Å²) < 4.78 is 16.1. The van der Waals surface area contributed by atoms with Gasteiger partial charge in [-0.2, -0.15) is 0 Å². The molecule has 45 heavy (non-hydrogen) atoms. The predicted octanol–water partition coefficient (Wildman–Crippen LogP) is 7.28. The number of carbonyl (C=O) groups excluding carboxylic acids is 3. The highest BCUT2D eigenvalue weighted by Gasteiger charge is 2.16. The van der Waals surface area contributed by atoms with Crippen LogP contribution in [0.3, 0.4) is 0 Å². The minimum absolute atomic E-state index is 0.0577. The Hall–Kier alpha value is -5.53. The molecular formula is C38H34O7. The molecule has 4 aromatic carbocycles. The van der Waals surface area contributed by atoms with Gasteiger partial charge in [-0.25, -0.2) is 14.4 Å². The molecule has 4 rings (SSSR count). The molecule has 0 fully saturated rings. The number of ether oxygens (including phenoxy) is 3. The third-order valence-corrected chi connectivity index (χ3v) is 6.86. The molecular weight excluding hydrogens is 568 g/mol. The van der Waals surface area contributed by atoms with E-state index in [0.29, 0.717) is 34.6 Å². The Labute approximate surface area is 262 Å². The highest BCUT2D eigenvalue weighted by atomic mass is 16.5. The Morgan fingerprint density at radius 1 is 0.622 bits per heavy atom. The molecule has 7 heteroatoms. The third kappa shape index (κ3) is 8.53. The van der Waals surface area contributed by atoms with E-state index in [0.717, 1.165) is 33.4 Å². The smallest absolute Gasteiger partial charge is 0.341 e. The van der Waals surface area contributed by atoms with Crippen molar-refractivity contribution in [2.75, 3.05) is 13.2 Å². The van der Waals surface area contributed by atoms with Crippen molar-refractivity contribution >= 4 is 17.9 Å². The van der Waals surface area contributed by atoms with Gasteiger partial charge in [0, 0.05) is 23.1 Å². The monoisotopic (exact) mass is 602 g/mol. The minimum atomic E-state index is -0.721. The molecule has 0 saturated carbocycles. The molecule has 0 spiro atoms. The normalized spacial score (nSPS) is 10.5. The SMILES string of the molecule is C=C(C)C(=O)OCCc1ccc(-c2ccc(-c3cc(-c4ccc(OC(=O)C(=C)C)cc4)ccc3OC(=O)C(=C)CO)cc2)cc1. The molecule has 0 aliphatic carbocycles. The van der Waals surface area contributed by atoms with Crippen molar-refractivity contribution in [1.82, 2.24) is 0 Å². The van der Waals surface area contributed by atoms with Crippen molar-refractivity contribution in [1.29, 1.82) is 0 Å². The van der Waals surface area contributed by atoms with Gasteiger partial charge in [-0.15, -0.1) is 0 Å². The summed E-state index contributed by atoms with van der Waals surface area (Å²) in [6.07, 6.45) is 0.598. The minimum Gasteiger partial charge on any atom is -0.462 e. The lowest BCUT2D eigenvalue weighted by Crippen LogP contribution is -2.13. The zero-order valence-corrected chi connectivity index (χ0v) is 25.3. The number of aliphatic hydroxyl groups excluding tert-OH is 1. The van der Waals surface area contributed by atoms with Gasteiger partial charge >= 0.3 is 17.9 Å². The summed E-state index contributed by atoms with van der Waals surface area (Å²) in [5, 5.41) is 9.35. The lowest BCUT2D eigenvalue weighted by molar-refractivity contribution is -0.139. The third-order valence-electron chi connectivity index (χ3n) is 6.86. The van der Waals surface area contributed by atoms with Crippen LogP contribution in [0.25, 0.3) is 33.4 Å². The van der Waals surface area contributed by atoms with Crippen LogP contribution in [0.2, 0.25) is 0 Å². The van der Waals surface area contributed by atoms with Crippen LogP contribution in [0.4, 0.5) is 0 Å². The quantitative estimate of drug-likeness (QED) is 0.103. The summed E-state index contributed by atoms with van der Waals surface area (Å²) in [5.74, 6) is -0.902. The van der Waals surface area contributed by atoms with E-state index < -0.39 is 24.5 Å². The van der Waals surface area contributed by atoms with E-state index in [9.17, 15) is 19.5 Å². The van der Waals surface area contributed by atoms with E-state index in [2.05, 4.69) is 19.7 Å². The number of aliphatic hydroxyl groups is 1. The van der Waals surface area contributed by atoms with Gasteiger partial charge in [0.1, 0.15) is 11.5 Å². The van der Waals surface area contributed by atoms with Crippen molar-refractivity contribution < 1.29 is 33.7 Å². The zero-order chi connectivity index (χ0) is 32.5. The highest BCUT2D eigenvalue weighted by Crippen LogP contribution is 2.36. The second-order valence-electron chi connectivity index (χ2n) is 10.5. The van der Waals surface area contributed by atoms with E-state index in [-0.39, 0.29) is 12.2 Å². The Kier molecular flexibility index (Phi) is 10.6. The summed E-state index contributed by atoms with van der Waals surface area (Å²) in [5.41, 5.74) is 6.83. The molecule has 4 aromatic rings. The summed E-state index contributed by atoms with van der Waals surface area (Å²) in [6.45, 7) is 13.7. The average Bonchev–Trinajstić information content (AvgIpc) is 3.05. The first-order valence-corrected chi connectivity index (χ1v) is 14.2. The number of esters is 3. The van der Waals surface area contributed by atoms with Gasteiger partial charge in [-0.1, -0.05) is 86.5 Å². The van der Waals surface area contributed by atoms with Crippen LogP contribution < -0.4 is 9.47 Å². The fraction of sp³-hybridized carbons (Fsp3) is 0.132. The maximum atomic E-state index is 12.5. The van der Waals surface area contributed by atoms with Crippen LogP contribution >= 0.6 is 0 Å². The molecule has 0 unspecified atom stereocenters. The molecule has 0 amide bonds. The maximum Gasteiger partial charge on any atom is 0.341 e. The fourth-order valence-electron chi connectivity index (χ4n) is 4.26. The number of benzene rings is 4. The zero-order valence-electron chi connectivity index (χ0n) is 25.3. The van der Waals surface area contributed by atoms with Gasteiger partial charge in [-0.05, 0) is 71.5 Å². The van der Waals surface area contributed by atoms with Gasteiger partial charge in [0.05, 0.1) is 18.8 Å². The Bertz CT molecular complexity index is 1750. The lowest BCUT2D eigenvalue weighted by Gasteiger charge is -2.14. The van der Waals surface area contributed by atoms with Gasteiger partial charge in [-0.3, -0.25) is 0 Å². The summed E-state index contributed by atoms with van der Waals surface area (Å²) in [7, 11) is 0. The first-order valence-electron chi connectivity index (χ1n) is 14.2. The molecule has 228 valence electrons. The van der Waals surface area contributed by atoms with Crippen LogP contribution in [0.15, 0.2) is 127 Å². The van der Waals surface area contributed by atoms with Gasteiger partial charge in [0.15, 0.2) is 0 Å².